The van der Waals surface area contributed by atoms with Gasteiger partial charge in [0.05, 0.1) is 17.5 Å². The average molecular weight is 237 g/mol. The van der Waals surface area contributed by atoms with Gasteiger partial charge < -0.3 is 9.47 Å². The molecule has 0 aromatic rings. The van der Waals surface area contributed by atoms with E-state index in [2.05, 4.69) is 29.8 Å². The van der Waals surface area contributed by atoms with Gasteiger partial charge >= 0.3 is 0 Å². The Morgan fingerprint density at radius 1 is 1.33 bits per heavy atom. The molecule has 3 unspecified atom stereocenters. The monoisotopic (exact) mass is 236 g/mol. The fraction of sp³-hybridized carbons (Fsp3) is 1.00. The molecule has 3 heteroatoms. The molecule has 3 atom stereocenters. The van der Waals surface area contributed by atoms with Gasteiger partial charge in [-0.2, -0.15) is 0 Å². The smallest absolute Gasteiger partial charge is 0.170 e. The van der Waals surface area contributed by atoms with Crippen LogP contribution < -0.4 is 0 Å². The van der Waals surface area contributed by atoms with E-state index in [1.807, 2.05) is 6.92 Å². The van der Waals surface area contributed by atoms with Gasteiger partial charge in [-0.05, 0) is 19.3 Å². The topological polar surface area (TPSA) is 18.5 Å². The summed E-state index contributed by atoms with van der Waals surface area (Å²) in [6, 6.07) is 0. The molecule has 2 nitrogen and oxygen atoms in total. The lowest BCUT2D eigenvalue weighted by atomic mass is 10.0. The highest BCUT2D eigenvalue weighted by Gasteiger charge is 2.27. The maximum Gasteiger partial charge on any atom is 0.170 e. The van der Waals surface area contributed by atoms with Crippen LogP contribution in [-0.4, -0.2) is 23.8 Å². The largest absolute Gasteiger partial charge is 0.351 e. The molecule has 1 aliphatic heterocycles. The molecule has 1 fully saturated rings. The molecule has 0 aliphatic carbocycles. The van der Waals surface area contributed by atoms with E-state index in [0.29, 0.717) is 12.0 Å². The van der Waals surface area contributed by atoms with E-state index in [-0.39, 0.29) is 11.1 Å². The molecule has 72 valence electrons. The van der Waals surface area contributed by atoms with Crippen molar-refractivity contribution in [3.63, 3.8) is 0 Å². The maximum atomic E-state index is 5.74. The van der Waals surface area contributed by atoms with Crippen molar-refractivity contribution in [3.8, 4) is 0 Å². The Bertz CT molecular complexity index is 122. The Hall–Kier alpha value is 0.400. The first kappa shape index (κ1) is 10.5. The summed E-state index contributed by atoms with van der Waals surface area (Å²) in [7, 11) is 0. The molecule has 0 radical (unpaired) electrons. The summed E-state index contributed by atoms with van der Waals surface area (Å²) < 4.78 is 11.2. The predicted octanol–water partition coefficient (Wildman–Crippen LogP) is 2.56. The van der Waals surface area contributed by atoms with Gasteiger partial charge in [0.15, 0.2) is 6.29 Å². The molecule has 0 spiro atoms. The second-order valence-corrected chi connectivity index (χ2v) is 5.07. The second kappa shape index (κ2) is 4.58. The first-order valence-corrected chi connectivity index (χ1v) is 5.44. The van der Waals surface area contributed by atoms with Crippen LogP contribution in [0.1, 0.15) is 27.2 Å². The normalized spacial score (nSPS) is 33.8. The number of ether oxygens (including phenoxy) is 2. The molecule has 0 amide bonds. The van der Waals surface area contributed by atoms with Crippen LogP contribution in [0.25, 0.3) is 0 Å². The first-order valence-electron chi connectivity index (χ1n) is 4.52. The molecule has 1 saturated heterocycles. The Morgan fingerprint density at radius 2 is 2.00 bits per heavy atom. The highest BCUT2D eigenvalue weighted by molar-refractivity contribution is 9.09. The summed E-state index contributed by atoms with van der Waals surface area (Å²) in [5.41, 5.74) is 0. The molecular formula is C9H17BrO2. The Kier molecular flexibility index (Phi) is 4.00. The lowest BCUT2D eigenvalue weighted by Crippen LogP contribution is -2.39. The molecule has 0 bridgehead atoms. The van der Waals surface area contributed by atoms with Crippen molar-refractivity contribution in [2.24, 2.45) is 5.92 Å². The van der Waals surface area contributed by atoms with E-state index in [0.717, 1.165) is 13.0 Å². The minimum atomic E-state index is -0.0638. The summed E-state index contributed by atoms with van der Waals surface area (Å²) in [6.45, 7) is 7.24. The van der Waals surface area contributed by atoms with Crippen molar-refractivity contribution in [1.29, 1.82) is 0 Å². The average Bonchev–Trinajstić information content (AvgIpc) is 2.04. The predicted molar refractivity (Wildman–Crippen MR) is 52.5 cm³/mol. The van der Waals surface area contributed by atoms with E-state index in [9.17, 15) is 0 Å². The lowest BCUT2D eigenvalue weighted by Gasteiger charge is -2.33. The first-order chi connectivity index (χ1) is 5.61. The summed E-state index contributed by atoms with van der Waals surface area (Å²) in [6.07, 6.45) is 1.32. The van der Waals surface area contributed by atoms with E-state index in [1.54, 1.807) is 0 Å². The van der Waals surface area contributed by atoms with Gasteiger partial charge in [0.1, 0.15) is 0 Å². The molecule has 0 N–H and O–H groups in total. The van der Waals surface area contributed by atoms with Crippen LogP contribution in [0.15, 0.2) is 0 Å². The van der Waals surface area contributed by atoms with Gasteiger partial charge in [0.25, 0.3) is 0 Å². The third kappa shape index (κ3) is 2.71. The van der Waals surface area contributed by atoms with Gasteiger partial charge in [-0.15, -0.1) is 0 Å². The number of hydrogen-bond acceptors (Lipinski definition) is 2. The zero-order valence-electron chi connectivity index (χ0n) is 7.92. The standard InChI is InChI=1S/C9H17BrO2/c1-6(2)8-4-5-11-9(12-8)7(3)10/h6-9H,4-5H2,1-3H3. The Labute approximate surface area is 82.7 Å². The van der Waals surface area contributed by atoms with Gasteiger partial charge in [-0.1, -0.05) is 29.8 Å². The fourth-order valence-electron chi connectivity index (χ4n) is 1.31. The van der Waals surface area contributed by atoms with Crippen molar-refractivity contribution < 1.29 is 9.47 Å². The molecular weight excluding hydrogens is 220 g/mol. The Balaban J connectivity index is 2.40. The zero-order valence-corrected chi connectivity index (χ0v) is 9.50. The van der Waals surface area contributed by atoms with E-state index >= 15 is 0 Å². The van der Waals surface area contributed by atoms with Crippen molar-refractivity contribution in [2.75, 3.05) is 6.61 Å². The number of alkyl halides is 1. The van der Waals surface area contributed by atoms with E-state index in [1.165, 1.54) is 0 Å². The van der Waals surface area contributed by atoms with Crippen molar-refractivity contribution in [3.05, 3.63) is 0 Å². The highest BCUT2D eigenvalue weighted by atomic mass is 79.9. The van der Waals surface area contributed by atoms with Crippen LogP contribution >= 0.6 is 15.9 Å². The van der Waals surface area contributed by atoms with Crippen LogP contribution in [0.4, 0.5) is 0 Å². The number of rotatable bonds is 2. The lowest BCUT2D eigenvalue weighted by molar-refractivity contribution is -0.218. The summed E-state index contributed by atoms with van der Waals surface area (Å²) in [5, 5.41) is 0. The van der Waals surface area contributed by atoms with Crippen LogP contribution in [0.2, 0.25) is 0 Å². The zero-order chi connectivity index (χ0) is 9.14. The third-order valence-corrected chi connectivity index (χ3v) is 2.54. The number of hydrogen-bond donors (Lipinski definition) is 0. The molecule has 1 rings (SSSR count). The summed E-state index contributed by atoms with van der Waals surface area (Å²) in [5.74, 6) is 0.586. The van der Waals surface area contributed by atoms with E-state index < -0.39 is 0 Å². The molecule has 0 aromatic heterocycles. The van der Waals surface area contributed by atoms with Crippen LogP contribution in [0.5, 0.6) is 0 Å². The second-order valence-electron chi connectivity index (χ2n) is 3.62. The SMILES string of the molecule is CC(C)C1CCOC(C(C)Br)O1. The van der Waals surface area contributed by atoms with Gasteiger partial charge in [0, 0.05) is 0 Å². The quantitative estimate of drug-likeness (QED) is 0.687. The minimum absolute atomic E-state index is 0.0638. The van der Waals surface area contributed by atoms with Crippen molar-refractivity contribution >= 4 is 15.9 Å². The van der Waals surface area contributed by atoms with Crippen molar-refractivity contribution in [1.82, 2.24) is 0 Å². The molecule has 12 heavy (non-hydrogen) atoms. The highest BCUT2D eigenvalue weighted by Crippen LogP contribution is 2.23. The number of halogens is 1. The third-order valence-electron chi connectivity index (χ3n) is 2.11. The molecule has 0 saturated carbocycles. The van der Waals surface area contributed by atoms with Crippen LogP contribution in [0.3, 0.4) is 0 Å². The van der Waals surface area contributed by atoms with Gasteiger partial charge in [-0.3, -0.25) is 0 Å². The summed E-state index contributed by atoms with van der Waals surface area (Å²) in [4.78, 5) is 0.277. The minimum Gasteiger partial charge on any atom is -0.351 e. The van der Waals surface area contributed by atoms with Gasteiger partial charge in [-0.25, -0.2) is 0 Å². The molecule has 0 aromatic carbocycles. The molecule has 1 heterocycles. The maximum absolute atomic E-state index is 5.74. The Morgan fingerprint density at radius 3 is 2.50 bits per heavy atom. The summed E-state index contributed by atoms with van der Waals surface area (Å²) >= 11 is 3.46. The van der Waals surface area contributed by atoms with Crippen LogP contribution in [-0.2, 0) is 9.47 Å². The van der Waals surface area contributed by atoms with Crippen molar-refractivity contribution in [2.45, 2.75) is 44.4 Å². The van der Waals surface area contributed by atoms with E-state index in [4.69, 9.17) is 9.47 Å². The van der Waals surface area contributed by atoms with Gasteiger partial charge in [0.2, 0.25) is 0 Å². The molecule has 1 aliphatic rings. The fourth-order valence-corrected chi connectivity index (χ4v) is 1.59. The van der Waals surface area contributed by atoms with Crippen LogP contribution in [0, 0.1) is 5.92 Å².